The van der Waals surface area contributed by atoms with Crippen molar-refractivity contribution in [1.82, 2.24) is 0 Å². The smallest absolute Gasteiger partial charge is 0.250 e. The molecule has 2 amide bonds. The zero-order valence-corrected chi connectivity index (χ0v) is 11.3. The first-order valence-corrected chi connectivity index (χ1v) is 6.92. The number of primary sulfonamides is 1. The molecular weight excluding hydrogens is 270 g/mol. The number of hydrogen-bond acceptors (Lipinski definition) is 5. The van der Waals surface area contributed by atoms with Crippen LogP contribution in [0.25, 0.3) is 0 Å². The Morgan fingerprint density at radius 2 is 1.68 bits per heavy atom. The van der Waals surface area contributed by atoms with Crippen molar-refractivity contribution in [3.8, 4) is 0 Å². The third kappa shape index (κ3) is 3.60. The molecule has 0 aliphatic rings. The lowest BCUT2D eigenvalue weighted by Crippen LogP contribution is -2.44. The molecular formula is C11H15N3O4S. The number of carbonyl (C=O) groups excluding carboxylic acids is 2. The number of hydrogen-bond donors (Lipinski definition) is 2. The molecule has 1 aromatic rings. The van der Waals surface area contributed by atoms with Gasteiger partial charge in [0, 0.05) is 6.92 Å². The second-order valence-electron chi connectivity index (χ2n) is 4.02. The molecule has 0 fully saturated rings. The lowest BCUT2D eigenvalue weighted by Gasteiger charge is -2.21. The van der Waals surface area contributed by atoms with E-state index >= 15 is 0 Å². The minimum absolute atomic E-state index is 0.104. The highest BCUT2D eigenvalue weighted by Gasteiger charge is 2.23. The molecule has 1 rings (SSSR count). The van der Waals surface area contributed by atoms with Gasteiger partial charge in [-0.15, -0.1) is 0 Å². The molecule has 7 nitrogen and oxygen atoms in total. The summed E-state index contributed by atoms with van der Waals surface area (Å²) in [7, 11) is -3.82. The van der Waals surface area contributed by atoms with Crippen molar-refractivity contribution in [2.45, 2.75) is 24.8 Å². The number of benzene rings is 1. The van der Waals surface area contributed by atoms with Crippen LogP contribution in [-0.2, 0) is 19.6 Å². The lowest BCUT2D eigenvalue weighted by atomic mass is 10.2. The first-order chi connectivity index (χ1) is 8.64. The topological polar surface area (TPSA) is 124 Å². The van der Waals surface area contributed by atoms with Crippen molar-refractivity contribution in [3.05, 3.63) is 24.3 Å². The van der Waals surface area contributed by atoms with Gasteiger partial charge in [0.15, 0.2) is 0 Å². The van der Waals surface area contributed by atoms with Gasteiger partial charge in [-0.3, -0.25) is 9.59 Å². The van der Waals surface area contributed by atoms with E-state index in [1.54, 1.807) is 0 Å². The van der Waals surface area contributed by atoms with Crippen LogP contribution in [-0.4, -0.2) is 26.3 Å². The zero-order valence-electron chi connectivity index (χ0n) is 10.5. The summed E-state index contributed by atoms with van der Waals surface area (Å²) in [6.07, 6.45) is 0. The number of nitrogens with zero attached hydrogens (tertiary/aromatic N) is 1. The predicted molar refractivity (Wildman–Crippen MR) is 69.6 cm³/mol. The molecule has 0 saturated heterocycles. The van der Waals surface area contributed by atoms with Gasteiger partial charge in [0.05, 0.1) is 16.6 Å². The second-order valence-corrected chi connectivity index (χ2v) is 5.58. The lowest BCUT2D eigenvalue weighted by molar-refractivity contribution is -0.126. The maximum absolute atomic E-state index is 11.8. The van der Waals surface area contributed by atoms with Crippen molar-refractivity contribution in [1.29, 1.82) is 0 Å². The van der Waals surface area contributed by atoms with Crippen LogP contribution < -0.4 is 15.8 Å². The quantitative estimate of drug-likeness (QED) is 0.779. The Morgan fingerprint density at radius 1 is 1.21 bits per heavy atom. The van der Waals surface area contributed by atoms with Gasteiger partial charge in [0.25, 0.3) is 0 Å². The molecule has 0 aliphatic heterocycles. The molecule has 0 heterocycles. The summed E-state index contributed by atoms with van der Waals surface area (Å²) < 4.78 is 22.2. The van der Waals surface area contributed by atoms with Gasteiger partial charge < -0.3 is 5.73 Å². The van der Waals surface area contributed by atoms with Crippen LogP contribution in [0, 0.1) is 0 Å². The number of carbonyl (C=O) groups is 2. The van der Waals surface area contributed by atoms with Crippen LogP contribution in [0.2, 0.25) is 0 Å². The van der Waals surface area contributed by atoms with Gasteiger partial charge >= 0.3 is 0 Å². The van der Waals surface area contributed by atoms with Crippen LogP contribution in [0.5, 0.6) is 0 Å². The van der Waals surface area contributed by atoms with Gasteiger partial charge in [-0.2, -0.15) is 0 Å². The van der Waals surface area contributed by atoms with E-state index in [2.05, 4.69) is 0 Å². The van der Waals surface area contributed by atoms with E-state index < -0.39 is 27.9 Å². The van der Waals surface area contributed by atoms with E-state index in [-0.39, 0.29) is 10.6 Å². The number of nitrogens with two attached hydrogens (primary N) is 2. The van der Waals surface area contributed by atoms with Crippen molar-refractivity contribution < 1.29 is 18.0 Å². The molecule has 104 valence electrons. The Bertz CT molecular complexity index is 593. The van der Waals surface area contributed by atoms with E-state index in [4.69, 9.17) is 10.9 Å². The van der Waals surface area contributed by atoms with Crippen LogP contribution in [0.4, 0.5) is 5.69 Å². The number of sulfonamides is 1. The number of amides is 2. The van der Waals surface area contributed by atoms with Crippen LogP contribution in [0.3, 0.4) is 0 Å². The fourth-order valence-electron chi connectivity index (χ4n) is 1.45. The fraction of sp³-hybridized carbons (Fsp3) is 0.273. The molecule has 19 heavy (non-hydrogen) atoms. The largest absolute Gasteiger partial charge is 0.320 e. The van der Waals surface area contributed by atoms with E-state index in [9.17, 15) is 18.0 Å². The molecule has 1 aromatic carbocycles. The minimum Gasteiger partial charge on any atom is -0.320 e. The maximum atomic E-state index is 11.8. The van der Waals surface area contributed by atoms with Gasteiger partial charge in [-0.25, -0.2) is 18.5 Å². The normalized spacial score (nSPS) is 12.8. The van der Waals surface area contributed by atoms with E-state index in [1.807, 2.05) is 0 Å². The van der Waals surface area contributed by atoms with Gasteiger partial charge in [0.2, 0.25) is 21.8 Å². The van der Waals surface area contributed by atoms with Crippen LogP contribution in [0.15, 0.2) is 29.2 Å². The van der Waals surface area contributed by atoms with E-state index in [0.717, 1.165) is 4.90 Å². The Morgan fingerprint density at radius 3 is 2.00 bits per heavy atom. The van der Waals surface area contributed by atoms with E-state index in [0.29, 0.717) is 0 Å². The fourth-order valence-corrected chi connectivity index (χ4v) is 1.97. The van der Waals surface area contributed by atoms with Gasteiger partial charge in [-0.05, 0) is 31.2 Å². The number of anilines is 1. The summed E-state index contributed by atoms with van der Waals surface area (Å²) in [4.78, 5) is 24.1. The van der Waals surface area contributed by atoms with Crippen molar-refractivity contribution >= 4 is 27.5 Å². The molecule has 0 spiro atoms. The average molecular weight is 285 g/mol. The number of rotatable bonds is 3. The first kappa shape index (κ1) is 15.3. The standard InChI is InChI=1S/C11H15N3O4S/c1-7(12)11(16)14(8(2)15)9-3-5-10(6-4-9)19(13,17)18/h3-7H,12H2,1-2H3,(H2,13,17,18)/t7-/m0/s1. The van der Waals surface area contributed by atoms with Crippen molar-refractivity contribution in [3.63, 3.8) is 0 Å². The third-order valence-corrected chi connectivity index (χ3v) is 3.28. The maximum Gasteiger partial charge on any atom is 0.250 e. The molecule has 1 atom stereocenters. The Labute approximate surface area is 111 Å². The Hall–Kier alpha value is -1.77. The Balaban J connectivity index is 3.20. The summed E-state index contributed by atoms with van der Waals surface area (Å²) in [6.45, 7) is 2.67. The zero-order chi connectivity index (χ0) is 14.8. The summed E-state index contributed by atoms with van der Waals surface area (Å²) in [5.74, 6) is -1.08. The molecule has 0 unspecified atom stereocenters. The van der Waals surface area contributed by atoms with Gasteiger partial charge in [0.1, 0.15) is 0 Å². The molecule has 0 radical (unpaired) electrons. The molecule has 0 aromatic heterocycles. The van der Waals surface area contributed by atoms with E-state index in [1.165, 1.54) is 38.1 Å². The summed E-state index contributed by atoms with van der Waals surface area (Å²) in [5.41, 5.74) is 5.69. The molecule has 0 aliphatic carbocycles. The third-order valence-electron chi connectivity index (χ3n) is 2.35. The highest BCUT2D eigenvalue weighted by atomic mass is 32.2. The molecule has 4 N–H and O–H groups in total. The first-order valence-electron chi connectivity index (χ1n) is 5.37. The summed E-state index contributed by atoms with van der Waals surface area (Å²) >= 11 is 0. The second kappa shape index (κ2) is 5.47. The molecule has 8 heteroatoms. The number of imide groups is 1. The van der Waals surface area contributed by atoms with Crippen LogP contribution >= 0.6 is 0 Å². The predicted octanol–water partition coefficient (Wildman–Crippen LogP) is -0.439. The van der Waals surface area contributed by atoms with Crippen molar-refractivity contribution in [2.24, 2.45) is 10.9 Å². The van der Waals surface area contributed by atoms with Crippen LogP contribution in [0.1, 0.15) is 13.8 Å². The molecule has 0 bridgehead atoms. The summed E-state index contributed by atoms with van der Waals surface area (Å²) in [6, 6.07) is 4.23. The Kier molecular flexibility index (Phi) is 4.40. The monoisotopic (exact) mass is 285 g/mol. The SMILES string of the molecule is CC(=O)N(C(=O)[C@H](C)N)c1ccc(S(N)(=O)=O)cc1. The summed E-state index contributed by atoms with van der Waals surface area (Å²) in [5, 5.41) is 4.96. The molecule has 0 saturated carbocycles. The van der Waals surface area contributed by atoms with Gasteiger partial charge in [-0.1, -0.05) is 0 Å². The highest BCUT2D eigenvalue weighted by molar-refractivity contribution is 7.89. The minimum atomic E-state index is -3.82. The highest BCUT2D eigenvalue weighted by Crippen LogP contribution is 2.18. The van der Waals surface area contributed by atoms with Crippen molar-refractivity contribution in [2.75, 3.05) is 4.90 Å². The average Bonchev–Trinajstić information content (AvgIpc) is 2.28.